The van der Waals surface area contributed by atoms with Gasteiger partial charge < -0.3 is 9.79 Å². The second-order valence-corrected chi connectivity index (χ2v) is 9.60. The van der Waals surface area contributed by atoms with Crippen LogP contribution in [0.5, 0.6) is 0 Å². The van der Waals surface area contributed by atoms with Gasteiger partial charge in [-0.15, -0.1) is 0 Å². The molecule has 3 nitrogen and oxygen atoms in total. The molecule has 1 saturated carbocycles. The molecule has 21 heavy (non-hydrogen) atoms. The average Bonchev–Trinajstić information content (AvgIpc) is 2.87. The molecule has 0 radical (unpaired) electrons. The minimum absolute atomic E-state index is 0.00884. The molecule has 1 aromatic rings. The zero-order chi connectivity index (χ0) is 15.7. The van der Waals surface area contributed by atoms with Gasteiger partial charge in [0.1, 0.15) is 0 Å². The molecule has 1 aliphatic rings. The Balaban J connectivity index is 2.12. The number of benzene rings is 1. The Morgan fingerprint density at radius 1 is 1.43 bits per heavy atom. The topological polar surface area (TPSA) is 57.5 Å². The predicted molar refractivity (Wildman–Crippen MR) is 88.2 cm³/mol. The van der Waals surface area contributed by atoms with Crippen molar-refractivity contribution < 1.29 is 18.7 Å². The molecule has 1 unspecified atom stereocenters. The van der Waals surface area contributed by atoms with E-state index in [-0.39, 0.29) is 5.56 Å². The molecule has 0 saturated heterocycles. The van der Waals surface area contributed by atoms with E-state index in [1.54, 1.807) is 12.1 Å². The molecule has 0 bridgehead atoms. The van der Waals surface area contributed by atoms with Crippen LogP contribution in [0.1, 0.15) is 43.7 Å². The van der Waals surface area contributed by atoms with E-state index in [4.69, 9.17) is 9.79 Å². The number of hydrogen-bond acceptors (Lipinski definition) is 2. The Bertz CT molecular complexity index is 555. The first-order valence-electron chi connectivity index (χ1n) is 6.87. The Hall–Kier alpha value is 0.130. The van der Waals surface area contributed by atoms with E-state index in [2.05, 4.69) is 15.9 Å². The van der Waals surface area contributed by atoms with Crippen molar-refractivity contribution >= 4 is 35.3 Å². The van der Waals surface area contributed by atoms with Crippen molar-refractivity contribution in [3.8, 4) is 0 Å². The van der Waals surface area contributed by atoms with Gasteiger partial charge in [-0.25, -0.2) is 4.39 Å². The summed E-state index contributed by atoms with van der Waals surface area (Å²) in [7, 11) is -4.87. The molecular weight excluding hydrogens is 378 g/mol. The summed E-state index contributed by atoms with van der Waals surface area (Å²) in [4.78, 5) is 18.3. The van der Waals surface area contributed by atoms with Crippen LogP contribution < -0.4 is 0 Å². The van der Waals surface area contributed by atoms with E-state index in [1.165, 1.54) is 31.7 Å². The fraction of sp³-hybridized carbons (Fsp3) is 0.571. The summed E-state index contributed by atoms with van der Waals surface area (Å²) in [5, 5.41) is -1.98. The minimum atomic E-state index is -4.87. The first kappa shape index (κ1) is 17.5. The maximum Gasteiger partial charge on any atom is 0.366 e. The van der Waals surface area contributed by atoms with Gasteiger partial charge in [-0.05, 0) is 31.4 Å². The largest absolute Gasteiger partial charge is 0.366 e. The van der Waals surface area contributed by atoms with Crippen LogP contribution in [0.4, 0.5) is 4.39 Å². The number of rotatable bonds is 5. The molecule has 0 heterocycles. The normalized spacial score (nSPS) is 19.7. The van der Waals surface area contributed by atoms with Crippen LogP contribution in [0.15, 0.2) is 22.7 Å². The molecular formula is C14H19BrFO3PS. The first-order valence-corrected chi connectivity index (χ1v) is 10.3. The van der Waals surface area contributed by atoms with Crippen molar-refractivity contribution in [2.75, 3.05) is 0 Å². The third kappa shape index (κ3) is 4.11. The van der Waals surface area contributed by atoms with Crippen molar-refractivity contribution in [1.29, 1.82) is 0 Å². The lowest BCUT2D eigenvalue weighted by atomic mass is 10.1. The molecule has 0 spiro atoms. The Labute approximate surface area is 137 Å². The summed E-state index contributed by atoms with van der Waals surface area (Å²) in [5.74, 6) is 0.836. The zero-order valence-electron chi connectivity index (χ0n) is 11.8. The molecule has 1 atom stereocenters. The van der Waals surface area contributed by atoms with Gasteiger partial charge in [-0.2, -0.15) is 11.8 Å². The van der Waals surface area contributed by atoms with Gasteiger partial charge in [0.2, 0.25) is 5.41 Å². The molecule has 2 rings (SSSR count). The summed E-state index contributed by atoms with van der Waals surface area (Å²) in [6.07, 6.45) is 5.10. The van der Waals surface area contributed by atoms with Gasteiger partial charge in [0.05, 0.1) is 0 Å². The zero-order valence-corrected chi connectivity index (χ0v) is 15.1. The summed E-state index contributed by atoms with van der Waals surface area (Å²) < 4.78 is 26.0. The summed E-state index contributed by atoms with van der Waals surface area (Å²) in [6, 6.07) is 4.97. The summed E-state index contributed by atoms with van der Waals surface area (Å²) in [5.41, 5.74) is 1.02. The molecule has 7 heteroatoms. The molecule has 0 amide bonds. The van der Waals surface area contributed by atoms with Crippen molar-refractivity contribution in [3.05, 3.63) is 33.8 Å². The summed E-state index contributed by atoms with van der Waals surface area (Å²) in [6.45, 7) is 0.917. The van der Waals surface area contributed by atoms with Gasteiger partial charge in [-0.3, -0.25) is 4.57 Å². The van der Waals surface area contributed by atoms with Crippen molar-refractivity contribution in [3.63, 3.8) is 0 Å². The van der Waals surface area contributed by atoms with Gasteiger partial charge in [-0.1, -0.05) is 40.9 Å². The lowest BCUT2D eigenvalue weighted by Gasteiger charge is -2.23. The van der Waals surface area contributed by atoms with Gasteiger partial charge in [0.25, 0.3) is 0 Å². The van der Waals surface area contributed by atoms with E-state index >= 15 is 0 Å². The van der Waals surface area contributed by atoms with Gasteiger partial charge in [0, 0.05) is 21.0 Å². The monoisotopic (exact) mass is 396 g/mol. The molecule has 2 N–H and O–H groups in total. The molecule has 0 aliphatic heterocycles. The van der Waals surface area contributed by atoms with Crippen molar-refractivity contribution in [2.24, 2.45) is 0 Å². The number of halogens is 2. The Kier molecular flexibility index (Phi) is 5.59. The second kappa shape index (κ2) is 6.71. The third-order valence-corrected chi connectivity index (χ3v) is 7.29. The molecule has 118 valence electrons. The van der Waals surface area contributed by atoms with Crippen molar-refractivity contribution in [1.82, 2.24) is 0 Å². The Morgan fingerprint density at radius 3 is 2.57 bits per heavy atom. The minimum Gasteiger partial charge on any atom is -0.322 e. The van der Waals surface area contributed by atoms with Crippen LogP contribution in [0, 0.1) is 0 Å². The van der Waals surface area contributed by atoms with Crippen LogP contribution >= 0.6 is 35.3 Å². The van der Waals surface area contributed by atoms with E-state index in [0.717, 1.165) is 18.2 Å². The van der Waals surface area contributed by atoms with E-state index in [9.17, 15) is 8.96 Å². The molecule has 0 aromatic heterocycles. The number of alkyl halides is 1. The Morgan fingerprint density at radius 2 is 2.05 bits per heavy atom. The van der Waals surface area contributed by atoms with Crippen LogP contribution in [-0.4, -0.2) is 15.0 Å². The highest BCUT2D eigenvalue weighted by Gasteiger charge is 2.45. The maximum atomic E-state index is 14.4. The molecule has 1 aliphatic carbocycles. The average molecular weight is 397 g/mol. The smallest absolute Gasteiger partial charge is 0.322 e. The predicted octanol–water partition coefficient (Wildman–Crippen LogP) is 4.94. The van der Waals surface area contributed by atoms with E-state index in [0.29, 0.717) is 9.72 Å². The van der Waals surface area contributed by atoms with Crippen LogP contribution in [0.25, 0.3) is 0 Å². The van der Waals surface area contributed by atoms with Crippen LogP contribution in [-0.2, 0) is 15.7 Å². The third-order valence-electron chi connectivity index (χ3n) is 3.86. The van der Waals surface area contributed by atoms with E-state index in [1.807, 2.05) is 11.8 Å². The number of thioether (sulfide) groups is 1. The SMILES string of the molecule is CC(F)(c1ccc(CSC2CCCC2)cc1Br)P(=O)(O)O. The van der Waals surface area contributed by atoms with Gasteiger partial charge >= 0.3 is 7.60 Å². The van der Waals surface area contributed by atoms with Crippen LogP contribution in [0.3, 0.4) is 0 Å². The highest BCUT2D eigenvalue weighted by Crippen LogP contribution is 2.59. The fourth-order valence-corrected chi connectivity index (χ4v) is 5.18. The number of hydrogen-bond donors (Lipinski definition) is 2. The molecule has 1 aromatic carbocycles. The quantitative estimate of drug-likeness (QED) is 0.691. The lowest BCUT2D eigenvalue weighted by Crippen LogP contribution is -2.16. The summed E-state index contributed by atoms with van der Waals surface area (Å²) >= 11 is 5.13. The lowest BCUT2D eigenvalue weighted by molar-refractivity contribution is 0.221. The first-order chi connectivity index (χ1) is 9.72. The standard InChI is InChI=1S/C14H19BrFO3PS/c1-14(16,20(17,18)19)12-7-6-10(8-13(12)15)9-21-11-4-2-3-5-11/h6-8,11H,2-5,9H2,1H3,(H2,17,18,19). The second-order valence-electron chi connectivity index (χ2n) is 5.53. The molecule has 1 fully saturated rings. The highest BCUT2D eigenvalue weighted by atomic mass is 79.9. The maximum absolute atomic E-state index is 14.4. The van der Waals surface area contributed by atoms with Crippen LogP contribution in [0.2, 0.25) is 0 Å². The fourth-order valence-electron chi connectivity index (χ4n) is 2.44. The van der Waals surface area contributed by atoms with Gasteiger partial charge in [0.15, 0.2) is 0 Å². The van der Waals surface area contributed by atoms with E-state index < -0.39 is 13.0 Å². The van der Waals surface area contributed by atoms with Crippen molar-refractivity contribution in [2.45, 2.75) is 49.0 Å². The highest BCUT2D eigenvalue weighted by molar-refractivity contribution is 9.10.